The Morgan fingerprint density at radius 2 is 2.00 bits per heavy atom. The second-order valence-corrected chi connectivity index (χ2v) is 5.57. The van der Waals surface area contributed by atoms with Crippen molar-refractivity contribution >= 4 is 23.2 Å². The molecule has 0 aliphatic carbocycles. The molecule has 0 aliphatic rings. The van der Waals surface area contributed by atoms with E-state index in [4.69, 9.17) is 11.6 Å². The first-order chi connectivity index (χ1) is 9.63. The molecule has 0 fully saturated rings. The summed E-state index contributed by atoms with van der Waals surface area (Å²) in [5, 5.41) is 6.62. The molecule has 1 aromatic rings. The Bertz CT molecular complexity index is 409. The third-order valence-electron chi connectivity index (χ3n) is 3.25. The van der Waals surface area contributed by atoms with Gasteiger partial charge < -0.3 is 10.6 Å². The van der Waals surface area contributed by atoms with E-state index in [-0.39, 0.29) is 5.91 Å². The summed E-state index contributed by atoms with van der Waals surface area (Å²) in [6, 6.07) is 7.62. The van der Waals surface area contributed by atoms with Crippen LogP contribution in [0.1, 0.15) is 46.0 Å². The summed E-state index contributed by atoms with van der Waals surface area (Å²) in [6.07, 6.45) is 6.14. The maximum absolute atomic E-state index is 11.8. The molecule has 0 bridgehead atoms. The summed E-state index contributed by atoms with van der Waals surface area (Å²) in [7, 11) is 0. The Kier molecular flexibility index (Phi) is 8.31. The molecule has 0 spiro atoms. The lowest BCUT2D eigenvalue weighted by molar-refractivity contribution is -0.115. The van der Waals surface area contributed by atoms with Gasteiger partial charge in [-0.05, 0) is 25.5 Å². The van der Waals surface area contributed by atoms with Gasteiger partial charge in [0.05, 0.1) is 17.3 Å². The first-order valence-corrected chi connectivity index (χ1v) is 7.79. The van der Waals surface area contributed by atoms with Crippen molar-refractivity contribution in [3.63, 3.8) is 0 Å². The molecule has 0 aliphatic heterocycles. The van der Waals surface area contributed by atoms with Crippen LogP contribution in [0.25, 0.3) is 0 Å². The molecule has 3 nitrogen and oxygen atoms in total. The van der Waals surface area contributed by atoms with E-state index in [9.17, 15) is 4.79 Å². The van der Waals surface area contributed by atoms with Crippen LogP contribution < -0.4 is 10.6 Å². The largest absolute Gasteiger partial charge is 0.324 e. The SMILES string of the molecule is CCCCCCC(C)NCC(=O)Nc1ccccc1Cl. The zero-order valence-electron chi connectivity index (χ0n) is 12.4. The predicted octanol–water partition coefficient (Wildman–Crippen LogP) is 4.23. The molecule has 0 heterocycles. The number of nitrogens with one attached hydrogen (secondary N) is 2. The molecule has 1 amide bonds. The summed E-state index contributed by atoms with van der Waals surface area (Å²) >= 11 is 5.99. The Hall–Kier alpha value is -1.06. The van der Waals surface area contributed by atoms with Gasteiger partial charge in [0.2, 0.25) is 5.91 Å². The van der Waals surface area contributed by atoms with Crippen LogP contribution in [0.3, 0.4) is 0 Å². The summed E-state index contributed by atoms with van der Waals surface area (Å²) in [5.41, 5.74) is 0.663. The number of anilines is 1. The lowest BCUT2D eigenvalue weighted by Gasteiger charge is -2.14. The Balaban J connectivity index is 2.21. The number of hydrogen-bond acceptors (Lipinski definition) is 2. The van der Waals surface area contributed by atoms with Crippen molar-refractivity contribution in [2.45, 2.75) is 52.0 Å². The van der Waals surface area contributed by atoms with E-state index >= 15 is 0 Å². The van der Waals surface area contributed by atoms with E-state index in [0.29, 0.717) is 23.3 Å². The molecule has 0 saturated heterocycles. The van der Waals surface area contributed by atoms with E-state index in [1.165, 1.54) is 25.7 Å². The number of para-hydroxylation sites is 1. The van der Waals surface area contributed by atoms with E-state index in [1.807, 2.05) is 12.1 Å². The molecule has 1 atom stereocenters. The zero-order valence-corrected chi connectivity index (χ0v) is 13.2. The van der Waals surface area contributed by atoms with Crippen LogP contribution in [-0.2, 0) is 4.79 Å². The van der Waals surface area contributed by atoms with E-state index in [1.54, 1.807) is 12.1 Å². The minimum atomic E-state index is -0.0569. The molecule has 2 N–H and O–H groups in total. The van der Waals surface area contributed by atoms with Gasteiger partial charge in [-0.3, -0.25) is 4.79 Å². The molecule has 0 saturated carbocycles. The third-order valence-corrected chi connectivity index (χ3v) is 3.58. The molecular formula is C16H25ClN2O. The number of amides is 1. The monoisotopic (exact) mass is 296 g/mol. The lowest BCUT2D eigenvalue weighted by atomic mass is 10.1. The fourth-order valence-electron chi connectivity index (χ4n) is 2.00. The van der Waals surface area contributed by atoms with Gasteiger partial charge in [0.15, 0.2) is 0 Å². The number of benzene rings is 1. The number of carbonyl (C=O) groups excluding carboxylic acids is 1. The molecule has 1 unspecified atom stereocenters. The van der Waals surface area contributed by atoms with Crippen LogP contribution in [0, 0.1) is 0 Å². The van der Waals surface area contributed by atoms with Crippen molar-refractivity contribution in [2.75, 3.05) is 11.9 Å². The maximum Gasteiger partial charge on any atom is 0.238 e. The van der Waals surface area contributed by atoms with Gasteiger partial charge in [-0.25, -0.2) is 0 Å². The van der Waals surface area contributed by atoms with Crippen LogP contribution in [0.4, 0.5) is 5.69 Å². The van der Waals surface area contributed by atoms with Gasteiger partial charge in [0.1, 0.15) is 0 Å². The standard InChI is InChI=1S/C16H25ClN2O/c1-3-4-5-6-9-13(2)18-12-16(20)19-15-11-8-7-10-14(15)17/h7-8,10-11,13,18H,3-6,9,12H2,1-2H3,(H,19,20). The van der Waals surface area contributed by atoms with Crippen LogP contribution >= 0.6 is 11.6 Å². The van der Waals surface area contributed by atoms with E-state index in [0.717, 1.165) is 6.42 Å². The molecule has 1 rings (SSSR count). The summed E-state index contributed by atoms with van der Waals surface area (Å²) in [5.74, 6) is -0.0569. The first-order valence-electron chi connectivity index (χ1n) is 7.41. The van der Waals surface area contributed by atoms with E-state index in [2.05, 4.69) is 24.5 Å². The van der Waals surface area contributed by atoms with Gasteiger partial charge in [0, 0.05) is 6.04 Å². The van der Waals surface area contributed by atoms with Crippen molar-refractivity contribution in [3.05, 3.63) is 29.3 Å². The number of hydrogen-bond donors (Lipinski definition) is 2. The van der Waals surface area contributed by atoms with Crippen LogP contribution in [0.5, 0.6) is 0 Å². The van der Waals surface area contributed by atoms with Gasteiger partial charge >= 0.3 is 0 Å². The summed E-state index contributed by atoms with van der Waals surface area (Å²) < 4.78 is 0. The lowest BCUT2D eigenvalue weighted by Crippen LogP contribution is -2.34. The van der Waals surface area contributed by atoms with Crippen molar-refractivity contribution in [2.24, 2.45) is 0 Å². The molecule has 0 aromatic heterocycles. The second-order valence-electron chi connectivity index (χ2n) is 5.16. The molecule has 1 aromatic carbocycles. The van der Waals surface area contributed by atoms with Crippen LogP contribution in [0.15, 0.2) is 24.3 Å². The van der Waals surface area contributed by atoms with Gasteiger partial charge in [0.25, 0.3) is 0 Å². The fourth-order valence-corrected chi connectivity index (χ4v) is 2.19. The Morgan fingerprint density at radius 3 is 2.70 bits per heavy atom. The predicted molar refractivity (Wildman–Crippen MR) is 86.3 cm³/mol. The highest BCUT2D eigenvalue weighted by Gasteiger charge is 2.07. The highest BCUT2D eigenvalue weighted by atomic mass is 35.5. The molecule has 20 heavy (non-hydrogen) atoms. The molecular weight excluding hydrogens is 272 g/mol. The van der Waals surface area contributed by atoms with Crippen molar-refractivity contribution < 1.29 is 4.79 Å². The quantitative estimate of drug-likeness (QED) is 0.670. The smallest absolute Gasteiger partial charge is 0.238 e. The summed E-state index contributed by atoms with van der Waals surface area (Å²) in [6.45, 7) is 4.65. The topological polar surface area (TPSA) is 41.1 Å². The van der Waals surface area contributed by atoms with Gasteiger partial charge in [-0.1, -0.05) is 56.3 Å². The van der Waals surface area contributed by atoms with Crippen LogP contribution in [0.2, 0.25) is 5.02 Å². The van der Waals surface area contributed by atoms with Gasteiger partial charge in [-0.2, -0.15) is 0 Å². The maximum atomic E-state index is 11.8. The zero-order chi connectivity index (χ0) is 14.8. The minimum Gasteiger partial charge on any atom is -0.324 e. The average molecular weight is 297 g/mol. The summed E-state index contributed by atoms with van der Waals surface area (Å²) in [4.78, 5) is 11.8. The number of rotatable bonds is 9. The Morgan fingerprint density at radius 1 is 1.25 bits per heavy atom. The van der Waals surface area contributed by atoms with Gasteiger partial charge in [-0.15, -0.1) is 0 Å². The van der Waals surface area contributed by atoms with Crippen molar-refractivity contribution in [1.82, 2.24) is 5.32 Å². The van der Waals surface area contributed by atoms with Crippen molar-refractivity contribution in [3.8, 4) is 0 Å². The van der Waals surface area contributed by atoms with Crippen molar-refractivity contribution in [1.29, 1.82) is 0 Å². The fraction of sp³-hybridized carbons (Fsp3) is 0.562. The minimum absolute atomic E-state index is 0.0569. The highest BCUT2D eigenvalue weighted by molar-refractivity contribution is 6.33. The number of halogens is 1. The van der Waals surface area contributed by atoms with E-state index < -0.39 is 0 Å². The molecule has 112 valence electrons. The normalized spacial score (nSPS) is 12.2. The average Bonchev–Trinajstić information content (AvgIpc) is 2.44. The van der Waals surface area contributed by atoms with Crippen LogP contribution in [-0.4, -0.2) is 18.5 Å². The third kappa shape index (κ3) is 6.92. The first kappa shape index (κ1) is 17.0. The number of unbranched alkanes of at least 4 members (excludes halogenated alkanes) is 3. The second kappa shape index (κ2) is 9.78. The highest BCUT2D eigenvalue weighted by Crippen LogP contribution is 2.20. The molecule has 4 heteroatoms. The molecule has 0 radical (unpaired) electrons. The number of carbonyl (C=O) groups is 1. The Labute approximate surface area is 127 Å².